The molecule has 0 atom stereocenters. The number of hydrogen-bond donors (Lipinski definition) is 1. The first kappa shape index (κ1) is 14.4. The van der Waals surface area contributed by atoms with Crippen molar-refractivity contribution < 1.29 is 4.39 Å². The molecule has 0 saturated carbocycles. The molecule has 5 heteroatoms. The van der Waals surface area contributed by atoms with E-state index in [-0.39, 0.29) is 11.9 Å². The maximum Gasteiger partial charge on any atom is 0.155 e. The van der Waals surface area contributed by atoms with Crippen LogP contribution in [0.5, 0.6) is 0 Å². The van der Waals surface area contributed by atoms with E-state index in [1.807, 2.05) is 43.3 Å². The van der Waals surface area contributed by atoms with Crippen LogP contribution in [-0.2, 0) is 0 Å². The Kier molecular flexibility index (Phi) is 3.97. The Morgan fingerprint density at radius 3 is 2.55 bits per heavy atom. The highest BCUT2D eigenvalue weighted by Gasteiger charge is 2.22. The molecular formula is C15H21FN4. The summed E-state index contributed by atoms with van der Waals surface area (Å²) in [4.78, 5) is 1.87. The van der Waals surface area contributed by atoms with Crippen LogP contribution in [0.1, 0.15) is 32.5 Å². The number of nitrogens with zero attached hydrogens (tertiary/aromatic N) is 3. The van der Waals surface area contributed by atoms with Crippen molar-refractivity contribution in [3.63, 3.8) is 0 Å². The molecule has 1 aromatic heterocycles. The van der Waals surface area contributed by atoms with Gasteiger partial charge in [0.15, 0.2) is 5.82 Å². The molecule has 0 aliphatic carbocycles. The van der Waals surface area contributed by atoms with Gasteiger partial charge in [-0.25, -0.2) is 9.07 Å². The van der Waals surface area contributed by atoms with Gasteiger partial charge in [0, 0.05) is 12.6 Å². The monoisotopic (exact) mass is 276 g/mol. The third-order valence-electron chi connectivity index (χ3n) is 3.31. The quantitative estimate of drug-likeness (QED) is 0.927. The van der Waals surface area contributed by atoms with Crippen molar-refractivity contribution in [2.45, 2.75) is 33.7 Å². The molecule has 0 amide bonds. The van der Waals surface area contributed by atoms with Crippen molar-refractivity contribution in [1.29, 1.82) is 0 Å². The lowest BCUT2D eigenvalue weighted by Crippen LogP contribution is -2.23. The van der Waals surface area contributed by atoms with Crippen LogP contribution in [0.3, 0.4) is 0 Å². The van der Waals surface area contributed by atoms with Gasteiger partial charge < -0.3 is 10.6 Å². The van der Waals surface area contributed by atoms with Gasteiger partial charge in [0.2, 0.25) is 0 Å². The van der Waals surface area contributed by atoms with Crippen molar-refractivity contribution in [1.82, 2.24) is 9.78 Å². The highest BCUT2D eigenvalue weighted by atomic mass is 19.1. The van der Waals surface area contributed by atoms with Gasteiger partial charge in [0.25, 0.3) is 0 Å². The van der Waals surface area contributed by atoms with Crippen molar-refractivity contribution in [2.75, 3.05) is 17.2 Å². The van der Waals surface area contributed by atoms with E-state index < -0.39 is 0 Å². The number of benzene rings is 1. The van der Waals surface area contributed by atoms with Crippen LogP contribution in [0.15, 0.2) is 24.3 Å². The Morgan fingerprint density at radius 1 is 1.35 bits per heavy atom. The van der Waals surface area contributed by atoms with E-state index in [9.17, 15) is 4.39 Å². The molecule has 2 N–H and O–H groups in total. The van der Waals surface area contributed by atoms with Crippen molar-refractivity contribution in [3.8, 4) is 0 Å². The molecule has 0 spiro atoms. The molecule has 0 radical (unpaired) electrons. The Balaban J connectivity index is 2.61. The summed E-state index contributed by atoms with van der Waals surface area (Å²) in [7, 11) is 0. The molecule has 0 saturated heterocycles. The Bertz CT molecular complexity index is 604. The second-order valence-corrected chi connectivity index (χ2v) is 5.06. The fourth-order valence-corrected chi connectivity index (χ4v) is 2.28. The predicted octanol–water partition coefficient (Wildman–Crippen LogP) is 3.65. The summed E-state index contributed by atoms with van der Waals surface area (Å²) in [6, 6.07) is 6.87. The van der Waals surface area contributed by atoms with Gasteiger partial charge in [-0.15, -0.1) is 0 Å². The number of nitrogens with two attached hydrogens (primary N) is 1. The number of para-hydroxylation sites is 1. The summed E-state index contributed by atoms with van der Waals surface area (Å²) >= 11 is 0. The summed E-state index contributed by atoms with van der Waals surface area (Å²) in [5.41, 5.74) is 8.04. The summed E-state index contributed by atoms with van der Waals surface area (Å²) in [5, 5.41) is 4.46. The highest BCUT2D eigenvalue weighted by molar-refractivity contribution is 5.73. The molecule has 2 rings (SSSR count). The third-order valence-corrected chi connectivity index (χ3v) is 3.31. The van der Waals surface area contributed by atoms with E-state index in [0.717, 1.165) is 11.5 Å². The molecule has 1 aromatic carbocycles. The minimum Gasteiger partial charge on any atom is -0.394 e. The zero-order valence-electron chi connectivity index (χ0n) is 12.4. The molecular weight excluding hydrogens is 255 g/mol. The van der Waals surface area contributed by atoms with Gasteiger partial charge in [0.05, 0.1) is 17.1 Å². The fourth-order valence-electron chi connectivity index (χ4n) is 2.28. The molecule has 0 unspecified atom stereocenters. The molecule has 4 nitrogen and oxygen atoms in total. The Labute approximate surface area is 119 Å². The molecule has 0 bridgehead atoms. The average Bonchev–Trinajstić information content (AvgIpc) is 2.70. The number of anilines is 3. The molecule has 2 aromatic rings. The van der Waals surface area contributed by atoms with Gasteiger partial charge in [-0.05, 0) is 39.8 Å². The van der Waals surface area contributed by atoms with E-state index in [2.05, 4.69) is 5.10 Å². The fraction of sp³-hybridized carbons (Fsp3) is 0.400. The highest BCUT2D eigenvalue weighted by Crippen LogP contribution is 2.35. The minimum absolute atomic E-state index is 0.154. The van der Waals surface area contributed by atoms with E-state index in [1.54, 1.807) is 12.1 Å². The van der Waals surface area contributed by atoms with Gasteiger partial charge >= 0.3 is 0 Å². The Hall–Kier alpha value is -2.04. The topological polar surface area (TPSA) is 47.1 Å². The summed E-state index contributed by atoms with van der Waals surface area (Å²) < 4.78 is 15.9. The molecule has 0 fully saturated rings. The maximum absolute atomic E-state index is 14.1. The normalized spacial score (nSPS) is 11.1. The van der Waals surface area contributed by atoms with E-state index in [1.165, 1.54) is 6.07 Å². The molecule has 20 heavy (non-hydrogen) atoms. The molecule has 1 heterocycles. The maximum atomic E-state index is 14.1. The van der Waals surface area contributed by atoms with Gasteiger partial charge in [-0.1, -0.05) is 12.1 Å². The minimum atomic E-state index is -0.261. The van der Waals surface area contributed by atoms with Gasteiger partial charge in [-0.3, -0.25) is 0 Å². The SMILES string of the molecule is CCN(c1ccccc1F)c1c(N)c(C)nn1C(C)C. The van der Waals surface area contributed by atoms with E-state index in [0.29, 0.717) is 17.9 Å². The number of hydrogen-bond acceptors (Lipinski definition) is 3. The van der Waals surface area contributed by atoms with Crippen LogP contribution in [0, 0.1) is 12.7 Å². The molecule has 108 valence electrons. The average molecular weight is 276 g/mol. The van der Waals surface area contributed by atoms with E-state index >= 15 is 0 Å². The van der Waals surface area contributed by atoms with Crippen LogP contribution in [-0.4, -0.2) is 16.3 Å². The number of aryl methyl sites for hydroxylation is 1. The lowest BCUT2D eigenvalue weighted by atomic mass is 10.2. The van der Waals surface area contributed by atoms with Crippen LogP contribution in [0.25, 0.3) is 0 Å². The lowest BCUT2D eigenvalue weighted by Gasteiger charge is -2.26. The van der Waals surface area contributed by atoms with Gasteiger partial charge in [-0.2, -0.15) is 5.10 Å². The van der Waals surface area contributed by atoms with Crippen LogP contribution in [0.2, 0.25) is 0 Å². The number of rotatable bonds is 4. The number of halogens is 1. The largest absolute Gasteiger partial charge is 0.394 e. The van der Waals surface area contributed by atoms with Gasteiger partial charge in [0.1, 0.15) is 5.82 Å². The van der Waals surface area contributed by atoms with Crippen LogP contribution in [0.4, 0.5) is 21.6 Å². The molecule has 0 aliphatic rings. The summed E-state index contributed by atoms with van der Waals surface area (Å²) in [6.07, 6.45) is 0. The van der Waals surface area contributed by atoms with Crippen molar-refractivity contribution >= 4 is 17.2 Å². The number of aromatic nitrogens is 2. The smallest absolute Gasteiger partial charge is 0.155 e. The molecule has 0 aliphatic heterocycles. The standard InChI is InChI=1S/C15H21FN4/c1-5-19(13-9-7-6-8-12(13)16)15-14(17)11(4)18-20(15)10(2)3/h6-10H,5,17H2,1-4H3. The third kappa shape index (κ3) is 2.35. The zero-order chi connectivity index (χ0) is 14.9. The second-order valence-electron chi connectivity index (χ2n) is 5.06. The second kappa shape index (κ2) is 5.53. The first-order valence-electron chi connectivity index (χ1n) is 6.84. The van der Waals surface area contributed by atoms with Crippen molar-refractivity contribution in [3.05, 3.63) is 35.8 Å². The lowest BCUT2D eigenvalue weighted by molar-refractivity contribution is 0.527. The van der Waals surface area contributed by atoms with Crippen LogP contribution >= 0.6 is 0 Å². The number of nitrogen functional groups attached to an aromatic ring is 1. The summed E-state index contributed by atoms with van der Waals surface area (Å²) in [6.45, 7) is 8.52. The first-order chi connectivity index (χ1) is 9.47. The zero-order valence-corrected chi connectivity index (χ0v) is 12.4. The van der Waals surface area contributed by atoms with Crippen LogP contribution < -0.4 is 10.6 Å². The Morgan fingerprint density at radius 2 is 2.00 bits per heavy atom. The van der Waals surface area contributed by atoms with Crippen molar-refractivity contribution in [2.24, 2.45) is 0 Å². The predicted molar refractivity (Wildman–Crippen MR) is 80.8 cm³/mol. The summed E-state index contributed by atoms with van der Waals surface area (Å²) in [5.74, 6) is 0.494. The first-order valence-corrected chi connectivity index (χ1v) is 6.84. The van der Waals surface area contributed by atoms with E-state index in [4.69, 9.17) is 5.73 Å².